The Morgan fingerprint density at radius 2 is 2.16 bits per heavy atom. The standard InChI is InChI=1S/C14H22N2O3/c1-4-18-7-8-19-13-6-5-12(10-15-13)9-14(2,3)16-11-17/h5-6,10-11H,4,7-9H2,1-3H3,(H,16,17). The molecule has 0 aromatic carbocycles. The van der Waals surface area contributed by atoms with E-state index in [2.05, 4.69) is 10.3 Å². The molecular weight excluding hydrogens is 244 g/mol. The molecule has 0 saturated carbocycles. The van der Waals surface area contributed by atoms with Gasteiger partial charge in [0, 0.05) is 24.4 Å². The number of ether oxygens (including phenoxy) is 2. The lowest BCUT2D eigenvalue weighted by molar-refractivity contribution is -0.110. The van der Waals surface area contributed by atoms with Crippen LogP contribution in [0.15, 0.2) is 18.3 Å². The second-order valence-electron chi connectivity index (χ2n) is 4.87. The van der Waals surface area contributed by atoms with Crippen LogP contribution >= 0.6 is 0 Å². The third-order valence-corrected chi connectivity index (χ3v) is 2.58. The molecule has 0 saturated heterocycles. The Morgan fingerprint density at radius 3 is 2.74 bits per heavy atom. The zero-order valence-corrected chi connectivity index (χ0v) is 11.8. The van der Waals surface area contributed by atoms with Crippen molar-refractivity contribution in [1.29, 1.82) is 0 Å². The van der Waals surface area contributed by atoms with Crippen molar-refractivity contribution in [3.8, 4) is 5.88 Å². The van der Waals surface area contributed by atoms with E-state index in [4.69, 9.17) is 9.47 Å². The maximum absolute atomic E-state index is 10.5. The summed E-state index contributed by atoms with van der Waals surface area (Å²) in [6.07, 6.45) is 3.21. The molecular formula is C14H22N2O3. The summed E-state index contributed by atoms with van der Waals surface area (Å²) in [5.74, 6) is 0.588. The van der Waals surface area contributed by atoms with Crippen LogP contribution in [0, 0.1) is 0 Å². The largest absolute Gasteiger partial charge is 0.475 e. The molecule has 0 fully saturated rings. The highest BCUT2D eigenvalue weighted by Crippen LogP contribution is 2.14. The van der Waals surface area contributed by atoms with E-state index in [9.17, 15) is 4.79 Å². The molecule has 5 nitrogen and oxygen atoms in total. The van der Waals surface area contributed by atoms with Gasteiger partial charge in [0.05, 0.1) is 6.61 Å². The number of nitrogens with one attached hydrogen (secondary N) is 1. The van der Waals surface area contributed by atoms with Gasteiger partial charge in [-0.15, -0.1) is 0 Å². The molecule has 1 rings (SSSR count). The molecule has 5 heteroatoms. The number of hydrogen-bond acceptors (Lipinski definition) is 4. The number of rotatable bonds is 9. The molecule has 1 amide bonds. The number of carbonyl (C=O) groups excluding carboxylic acids is 1. The summed E-state index contributed by atoms with van der Waals surface area (Å²) >= 11 is 0. The summed E-state index contributed by atoms with van der Waals surface area (Å²) in [6.45, 7) is 7.63. The van der Waals surface area contributed by atoms with E-state index < -0.39 is 0 Å². The molecule has 0 aliphatic carbocycles. The number of hydrogen-bond donors (Lipinski definition) is 1. The third kappa shape index (κ3) is 6.20. The summed E-state index contributed by atoms with van der Waals surface area (Å²) in [7, 11) is 0. The van der Waals surface area contributed by atoms with E-state index >= 15 is 0 Å². The van der Waals surface area contributed by atoms with Crippen LogP contribution in [0.5, 0.6) is 5.88 Å². The van der Waals surface area contributed by atoms with E-state index in [0.29, 0.717) is 25.7 Å². The second kappa shape index (κ2) is 7.74. The van der Waals surface area contributed by atoms with Gasteiger partial charge < -0.3 is 14.8 Å². The van der Waals surface area contributed by atoms with Crippen LogP contribution in [0.2, 0.25) is 0 Å². The lowest BCUT2D eigenvalue weighted by Crippen LogP contribution is -2.40. The molecule has 0 spiro atoms. The highest BCUT2D eigenvalue weighted by molar-refractivity contribution is 5.47. The normalized spacial score (nSPS) is 11.1. The summed E-state index contributed by atoms with van der Waals surface area (Å²) in [4.78, 5) is 14.7. The Bertz CT molecular complexity index is 377. The fourth-order valence-corrected chi connectivity index (χ4v) is 1.67. The summed E-state index contributed by atoms with van der Waals surface area (Å²) in [5, 5.41) is 2.78. The van der Waals surface area contributed by atoms with Gasteiger partial charge in [-0.05, 0) is 32.8 Å². The van der Waals surface area contributed by atoms with Crippen molar-refractivity contribution in [3.05, 3.63) is 23.9 Å². The molecule has 0 bridgehead atoms. The molecule has 1 N–H and O–H groups in total. The lowest BCUT2D eigenvalue weighted by Gasteiger charge is -2.23. The Hall–Kier alpha value is -1.62. The second-order valence-corrected chi connectivity index (χ2v) is 4.87. The summed E-state index contributed by atoms with van der Waals surface area (Å²) in [5.41, 5.74) is 0.775. The highest BCUT2D eigenvalue weighted by atomic mass is 16.5. The average Bonchev–Trinajstić information content (AvgIpc) is 2.36. The van der Waals surface area contributed by atoms with Gasteiger partial charge in [0.1, 0.15) is 6.61 Å². The van der Waals surface area contributed by atoms with Crippen LogP contribution in [-0.2, 0) is 16.0 Å². The van der Waals surface area contributed by atoms with Gasteiger partial charge in [-0.2, -0.15) is 0 Å². The predicted octanol–water partition coefficient (Wildman–Crippen LogP) is 1.56. The van der Waals surface area contributed by atoms with Crippen molar-refractivity contribution in [2.75, 3.05) is 19.8 Å². The molecule has 0 unspecified atom stereocenters. The number of nitrogens with zero attached hydrogens (tertiary/aromatic N) is 1. The lowest BCUT2D eigenvalue weighted by atomic mass is 9.96. The molecule has 1 aromatic heterocycles. The van der Waals surface area contributed by atoms with Crippen LogP contribution in [0.4, 0.5) is 0 Å². The fraction of sp³-hybridized carbons (Fsp3) is 0.571. The van der Waals surface area contributed by atoms with Crippen molar-refractivity contribution < 1.29 is 14.3 Å². The molecule has 19 heavy (non-hydrogen) atoms. The van der Waals surface area contributed by atoms with Crippen molar-refractivity contribution in [2.45, 2.75) is 32.7 Å². The Kier molecular flexibility index (Phi) is 6.29. The van der Waals surface area contributed by atoms with Crippen molar-refractivity contribution in [1.82, 2.24) is 10.3 Å². The summed E-state index contributed by atoms with van der Waals surface area (Å²) in [6, 6.07) is 3.79. The van der Waals surface area contributed by atoms with Crippen molar-refractivity contribution >= 4 is 6.41 Å². The maximum atomic E-state index is 10.5. The molecule has 0 aliphatic rings. The van der Waals surface area contributed by atoms with Crippen LogP contribution in [0.25, 0.3) is 0 Å². The minimum atomic E-state index is -0.277. The SMILES string of the molecule is CCOCCOc1ccc(CC(C)(C)NC=O)cn1. The Labute approximate surface area is 114 Å². The molecule has 106 valence electrons. The van der Waals surface area contributed by atoms with E-state index in [0.717, 1.165) is 18.4 Å². The minimum Gasteiger partial charge on any atom is -0.475 e. The van der Waals surface area contributed by atoms with Crippen molar-refractivity contribution in [2.24, 2.45) is 0 Å². The quantitative estimate of drug-likeness (QED) is 0.544. The van der Waals surface area contributed by atoms with E-state index in [1.165, 1.54) is 0 Å². The Morgan fingerprint density at radius 1 is 1.37 bits per heavy atom. The first kappa shape index (κ1) is 15.4. The minimum absolute atomic E-state index is 0.277. The zero-order chi connectivity index (χ0) is 14.1. The molecule has 0 radical (unpaired) electrons. The van der Waals surface area contributed by atoms with Crippen LogP contribution in [0.1, 0.15) is 26.3 Å². The van der Waals surface area contributed by atoms with Gasteiger partial charge in [-0.3, -0.25) is 4.79 Å². The predicted molar refractivity (Wildman–Crippen MR) is 73.2 cm³/mol. The first-order chi connectivity index (χ1) is 9.07. The highest BCUT2D eigenvalue weighted by Gasteiger charge is 2.17. The number of amides is 1. The zero-order valence-electron chi connectivity index (χ0n) is 11.8. The van der Waals surface area contributed by atoms with Gasteiger partial charge in [0.2, 0.25) is 12.3 Å². The molecule has 1 heterocycles. The smallest absolute Gasteiger partial charge is 0.213 e. The topological polar surface area (TPSA) is 60.5 Å². The molecule has 0 atom stereocenters. The first-order valence-corrected chi connectivity index (χ1v) is 6.44. The van der Waals surface area contributed by atoms with Gasteiger partial charge in [-0.1, -0.05) is 6.07 Å². The van der Waals surface area contributed by atoms with E-state index in [1.54, 1.807) is 6.20 Å². The summed E-state index contributed by atoms with van der Waals surface area (Å²) < 4.78 is 10.6. The van der Waals surface area contributed by atoms with E-state index in [-0.39, 0.29) is 5.54 Å². The van der Waals surface area contributed by atoms with Gasteiger partial charge in [-0.25, -0.2) is 4.98 Å². The first-order valence-electron chi connectivity index (χ1n) is 6.44. The monoisotopic (exact) mass is 266 g/mol. The maximum Gasteiger partial charge on any atom is 0.213 e. The fourth-order valence-electron chi connectivity index (χ4n) is 1.67. The van der Waals surface area contributed by atoms with Gasteiger partial charge in [0.15, 0.2) is 0 Å². The molecule has 1 aromatic rings. The average molecular weight is 266 g/mol. The van der Waals surface area contributed by atoms with Crippen molar-refractivity contribution in [3.63, 3.8) is 0 Å². The van der Waals surface area contributed by atoms with Gasteiger partial charge in [0.25, 0.3) is 0 Å². The van der Waals surface area contributed by atoms with Crippen LogP contribution < -0.4 is 10.1 Å². The third-order valence-electron chi connectivity index (χ3n) is 2.58. The van der Waals surface area contributed by atoms with E-state index in [1.807, 2.05) is 32.9 Å². The number of aromatic nitrogens is 1. The molecule has 0 aliphatic heterocycles. The van der Waals surface area contributed by atoms with Crippen LogP contribution in [0.3, 0.4) is 0 Å². The van der Waals surface area contributed by atoms with Crippen LogP contribution in [-0.4, -0.2) is 36.8 Å². The Balaban J connectivity index is 2.45. The number of pyridine rings is 1. The van der Waals surface area contributed by atoms with Gasteiger partial charge >= 0.3 is 0 Å². The number of carbonyl (C=O) groups is 1.